The number of aryl methyl sites for hydroxylation is 1. The molecule has 0 aliphatic carbocycles. The van der Waals surface area contributed by atoms with Gasteiger partial charge in [-0.25, -0.2) is 4.79 Å². The molecule has 1 rings (SSSR count). The largest absolute Gasteiger partial charge is 0.477 e. The van der Waals surface area contributed by atoms with Gasteiger partial charge in [-0.05, 0) is 17.8 Å². The van der Waals surface area contributed by atoms with Gasteiger partial charge in [0.1, 0.15) is 5.69 Å². The standard InChI is InChI=1S/C8H7ClF3NO2S/c9-5-3-6(7(14)15)13(4-5)1-2-16-8(10,11)12/h3-4H,1-2H2,(H,14,15). The zero-order valence-electron chi connectivity index (χ0n) is 7.79. The lowest BCUT2D eigenvalue weighted by Gasteiger charge is -2.07. The second-order valence-electron chi connectivity index (χ2n) is 2.84. The summed E-state index contributed by atoms with van der Waals surface area (Å²) >= 11 is 5.37. The van der Waals surface area contributed by atoms with Crippen LogP contribution in [0.2, 0.25) is 5.02 Å². The topological polar surface area (TPSA) is 42.2 Å². The van der Waals surface area contributed by atoms with E-state index in [1.807, 2.05) is 0 Å². The van der Waals surface area contributed by atoms with Crippen LogP contribution < -0.4 is 0 Å². The summed E-state index contributed by atoms with van der Waals surface area (Å²) < 4.78 is 36.7. The fourth-order valence-corrected chi connectivity index (χ4v) is 1.84. The highest BCUT2D eigenvalue weighted by Gasteiger charge is 2.27. The van der Waals surface area contributed by atoms with E-state index in [2.05, 4.69) is 0 Å². The van der Waals surface area contributed by atoms with E-state index in [1.165, 1.54) is 16.8 Å². The van der Waals surface area contributed by atoms with Crippen molar-refractivity contribution in [1.82, 2.24) is 4.57 Å². The van der Waals surface area contributed by atoms with E-state index >= 15 is 0 Å². The van der Waals surface area contributed by atoms with Crippen molar-refractivity contribution in [3.05, 3.63) is 23.0 Å². The Morgan fingerprint density at radius 2 is 2.19 bits per heavy atom. The Balaban J connectivity index is 2.63. The van der Waals surface area contributed by atoms with Crippen molar-refractivity contribution in [1.29, 1.82) is 0 Å². The fourth-order valence-electron chi connectivity index (χ4n) is 1.10. The lowest BCUT2D eigenvalue weighted by Crippen LogP contribution is -2.11. The van der Waals surface area contributed by atoms with Gasteiger partial charge in [0.15, 0.2) is 0 Å². The van der Waals surface area contributed by atoms with E-state index in [0.717, 1.165) is 0 Å². The molecule has 1 aromatic rings. The minimum absolute atomic E-state index is 0.0570. The third-order valence-electron chi connectivity index (χ3n) is 1.68. The number of carboxylic acid groups (broad SMARTS) is 1. The maximum Gasteiger partial charge on any atom is 0.441 e. The van der Waals surface area contributed by atoms with Crippen molar-refractivity contribution in [3.8, 4) is 0 Å². The SMILES string of the molecule is O=C(O)c1cc(Cl)cn1CCSC(F)(F)F. The van der Waals surface area contributed by atoms with Crippen LogP contribution >= 0.6 is 23.4 Å². The Bertz CT molecular complexity index is 391. The van der Waals surface area contributed by atoms with Crippen LogP contribution in [0.25, 0.3) is 0 Å². The van der Waals surface area contributed by atoms with Crippen LogP contribution in [0.1, 0.15) is 10.5 Å². The van der Waals surface area contributed by atoms with Crippen molar-refractivity contribution in [2.75, 3.05) is 5.75 Å². The molecule has 0 unspecified atom stereocenters. The first-order valence-corrected chi connectivity index (χ1v) is 5.45. The van der Waals surface area contributed by atoms with Crippen LogP contribution in [0.5, 0.6) is 0 Å². The summed E-state index contributed by atoms with van der Waals surface area (Å²) in [6, 6.07) is 1.20. The maximum atomic E-state index is 11.8. The van der Waals surface area contributed by atoms with Crippen molar-refractivity contribution in [2.24, 2.45) is 0 Å². The Morgan fingerprint density at radius 1 is 1.56 bits per heavy atom. The summed E-state index contributed by atoms with van der Waals surface area (Å²) in [7, 11) is 0. The predicted molar refractivity (Wildman–Crippen MR) is 54.9 cm³/mol. The number of carbonyl (C=O) groups is 1. The van der Waals surface area contributed by atoms with Crippen LogP contribution in [0.15, 0.2) is 12.3 Å². The van der Waals surface area contributed by atoms with Gasteiger partial charge < -0.3 is 9.67 Å². The second-order valence-corrected chi connectivity index (χ2v) is 4.43. The molecule has 1 N–H and O–H groups in total. The molecule has 0 radical (unpaired) electrons. The molecule has 0 saturated carbocycles. The van der Waals surface area contributed by atoms with Gasteiger partial charge in [-0.3, -0.25) is 0 Å². The van der Waals surface area contributed by atoms with E-state index in [1.54, 1.807) is 0 Å². The van der Waals surface area contributed by atoms with Gasteiger partial charge in [0, 0.05) is 18.5 Å². The molecule has 0 aromatic carbocycles. The Kier molecular flexibility index (Phi) is 4.15. The molecule has 0 amide bonds. The fraction of sp³-hybridized carbons (Fsp3) is 0.375. The third-order valence-corrected chi connectivity index (χ3v) is 2.60. The number of nitrogens with zero attached hydrogens (tertiary/aromatic N) is 1. The molecule has 0 aliphatic rings. The number of alkyl halides is 3. The molecular weight excluding hydrogens is 267 g/mol. The Labute approximate surface area is 98.2 Å². The van der Waals surface area contributed by atoms with Crippen LogP contribution in [-0.4, -0.2) is 26.9 Å². The lowest BCUT2D eigenvalue weighted by atomic mass is 10.4. The Morgan fingerprint density at radius 3 is 2.69 bits per heavy atom. The highest BCUT2D eigenvalue weighted by atomic mass is 35.5. The van der Waals surface area contributed by atoms with Crippen LogP contribution in [-0.2, 0) is 6.54 Å². The minimum Gasteiger partial charge on any atom is -0.477 e. The van der Waals surface area contributed by atoms with E-state index in [0.29, 0.717) is 0 Å². The predicted octanol–water partition coefficient (Wildman–Crippen LogP) is 3.09. The maximum absolute atomic E-state index is 11.8. The second kappa shape index (κ2) is 5.01. The summed E-state index contributed by atoms with van der Waals surface area (Å²) in [5, 5.41) is 8.92. The monoisotopic (exact) mass is 273 g/mol. The van der Waals surface area contributed by atoms with Crippen molar-refractivity contribution in [3.63, 3.8) is 0 Å². The van der Waals surface area contributed by atoms with Gasteiger partial charge in [0.25, 0.3) is 0 Å². The molecule has 8 heteroatoms. The first-order valence-electron chi connectivity index (χ1n) is 4.09. The first kappa shape index (κ1) is 13.2. The highest BCUT2D eigenvalue weighted by molar-refractivity contribution is 8.00. The minimum atomic E-state index is -4.31. The number of carboxylic acids is 1. The van der Waals surface area contributed by atoms with Gasteiger partial charge in [0.2, 0.25) is 0 Å². The zero-order chi connectivity index (χ0) is 12.3. The molecular formula is C8H7ClF3NO2S. The molecule has 90 valence electrons. The van der Waals surface area contributed by atoms with Crippen LogP contribution in [0.3, 0.4) is 0 Å². The van der Waals surface area contributed by atoms with Crippen LogP contribution in [0, 0.1) is 0 Å². The number of thioether (sulfide) groups is 1. The van der Waals surface area contributed by atoms with Gasteiger partial charge in [-0.2, -0.15) is 13.2 Å². The molecule has 0 aliphatic heterocycles. The van der Waals surface area contributed by atoms with Crippen molar-refractivity contribution in [2.45, 2.75) is 12.1 Å². The van der Waals surface area contributed by atoms with Crippen molar-refractivity contribution < 1.29 is 23.1 Å². The molecule has 0 atom stereocenters. The van der Waals surface area contributed by atoms with E-state index in [9.17, 15) is 18.0 Å². The highest BCUT2D eigenvalue weighted by Crippen LogP contribution is 2.30. The quantitative estimate of drug-likeness (QED) is 0.917. The number of halogens is 4. The van der Waals surface area contributed by atoms with Gasteiger partial charge in [-0.1, -0.05) is 11.6 Å². The smallest absolute Gasteiger partial charge is 0.441 e. The van der Waals surface area contributed by atoms with Gasteiger partial charge >= 0.3 is 11.5 Å². The van der Waals surface area contributed by atoms with Gasteiger partial charge in [0.05, 0.1) is 5.02 Å². The molecule has 1 aromatic heterocycles. The van der Waals surface area contributed by atoms with E-state index < -0.39 is 11.5 Å². The number of rotatable bonds is 4. The van der Waals surface area contributed by atoms with Crippen LogP contribution in [0.4, 0.5) is 13.2 Å². The number of aromatic carboxylic acids is 1. The first-order chi connectivity index (χ1) is 7.29. The molecule has 0 spiro atoms. The van der Waals surface area contributed by atoms with Gasteiger partial charge in [-0.15, -0.1) is 0 Å². The summed E-state index contributed by atoms with van der Waals surface area (Å²) in [6.45, 7) is -0.0570. The average Bonchev–Trinajstić information content (AvgIpc) is 2.44. The molecule has 3 nitrogen and oxygen atoms in total. The summed E-state index contributed by atoms with van der Waals surface area (Å²) in [4.78, 5) is 10.7. The molecule has 0 fully saturated rings. The molecule has 16 heavy (non-hydrogen) atoms. The third kappa shape index (κ3) is 3.97. The van der Waals surface area contributed by atoms with Crippen molar-refractivity contribution >= 4 is 29.3 Å². The van der Waals surface area contributed by atoms with E-state index in [4.69, 9.17) is 16.7 Å². The molecule has 0 saturated heterocycles. The summed E-state index contributed by atoms with van der Waals surface area (Å²) in [5.74, 6) is -1.47. The van der Waals surface area contributed by atoms with E-state index in [-0.39, 0.29) is 34.8 Å². The molecule has 0 bridgehead atoms. The normalized spacial score (nSPS) is 11.8. The number of hydrogen-bond donors (Lipinski definition) is 1. The Hall–Kier alpha value is -0.820. The molecule has 1 heterocycles. The summed E-state index contributed by atoms with van der Waals surface area (Å²) in [6.07, 6.45) is 1.29. The average molecular weight is 274 g/mol. The number of hydrogen-bond acceptors (Lipinski definition) is 2. The number of aromatic nitrogens is 1. The zero-order valence-corrected chi connectivity index (χ0v) is 9.36. The lowest BCUT2D eigenvalue weighted by molar-refractivity contribution is -0.0328. The summed E-state index contributed by atoms with van der Waals surface area (Å²) in [5.41, 5.74) is -4.42.